The summed E-state index contributed by atoms with van der Waals surface area (Å²) >= 11 is 9.56. The number of halogens is 2. The fourth-order valence-corrected chi connectivity index (χ4v) is 2.51. The molecule has 0 aromatic heterocycles. The van der Waals surface area contributed by atoms with Crippen molar-refractivity contribution in [3.8, 4) is 0 Å². The van der Waals surface area contributed by atoms with Crippen LogP contribution in [-0.4, -0.2) is 7.05 Å². The summed E-state index contributed by atoms with van der Waals surface area (Å²) in [5, 5.41) is 4.18. The summed E-state index contributed by atoms with van der Waals surface area (Å²) in [6.45, 7) is 0. The first kappa shape index (κ1) is 9.50. The Morgan fingerprint density at radius 2 is 2.15 bits per heavy atom. The van der Waals surface area contributed by atoms with Crippen molar-refractivity contribution in [2.75, 3.05) is 7.05 Å². The molecule has 70 valence electrons. The number of hydrogen-bond donors (Lipinski definition) is 1. The first-order valence-electron chi connectivity index (χ1n) is 4.32. The Balaban J connectivity index is 2.41. The summed E-state index contributed by atoms with van der Waals surface area (Å²) in [6.07, 6.45) is 2.37. The first-order chi connectivity index (χ1) is 6.18. The zero-order chi connectivity index (χ0) is 9.47. The van der Waals surface area contributed by atoms with Crippen molar-refractivity contribution in [1.82, 2.24) is 5.32 Å². The molecule has 1 saturated carbocycles. The van der Waals surface area contributed by atoms with E-state index >= 15 is 0 Å². The minimum Gasteiger partial charge on any atom is -0.310 e. The Morgan fingerprint density at radius 1 is 1.46 bits per heavy atom. The van der Waals surface area contributed by atoms with E-state index in [1.54, 1.807) is 0 Å². The molecule has 0 unspecified atom stereocenters. The molecule has 1 aliphatic carbocycles. The first-order valence-corrected chi connectivity index (χ1v) is 5.49. The zero-order valence-electron chi connectivity index (χ0n) is 7.40. The van der Waals surface area contributed by atoms with Crippen molar-refractivity contribution in [1.29, 1.82) is 0 Å². The number of nitrogens with one attached hydrogen (secondary N) is 1. The molecule has 1 aromatic carbocycles. The maximum Gasteiger partial charge on any atom is 0.0467 e. The van der Waals surface area contributed by atoms with Gasteiger partial charge in [-0.15, -0.1) is 0 Å². The van der Waals surface area contributed by atoms with E-state index in [0.717, 1.165) is 9.50 Å². The van der Waals surface area contributed by atoms with Crippen molar-refractivity contribution in [2.24, 2.45) is 0 Å². The van der Waals surface area contributed by atoms with E-state index in [0.29, 0.717) is 0 Å². The molecule has 0 radical (unpaired) electrons. The normalized spacial score (nSPS) is 18.7. The van der Waals surface area contributed by atoms with Gasteiger partial charge in [-0.25, -0.2) is 0 Å². The van der Waals surface area contributed by atoms with E-state index in [2.05, 4.69) is 27.3 Å². The molecule has 0 atom stereocenters. The van der Waals surface area contributed by atoms with E-state index in [-0.39, 0.29) is 5.54 Å². The number of benzene rings is 1. The molecule has 0 aliphatic heterocycles. The lowest BCUT2D eigenvalue weighted by Gasteiger charge is -2.16. The lowest BCUT2D eigenvalue weighted by atomic mass is 10.1. The van der Waals surface area contributed by atoms with Crippen LogP contribution in [0.3, 0.4) is 0 Å². The average molecular weight is 261 g/mol. The second-order valence-corrected chi connectivity index (χ2v) is 4.78. The summed E-state index contributed by atoms with van der Waals surface area (Å²) in [4.78, 5) is 0. The fraction of sp³-hybridized carbons (Fsp3) is 0.400. The van der Waals surface area contributed by atoms with Crippen molar-refractivity contribution < 1.29 is 0 Å². The molecule has 0 heterocycles. The smallest absolute Gasteiger partial charge is 0.0467 e. The average Bonchev–Trinajstić information content (AvgIpc) is 2.85. The van der Waals surface area contributed by atoms with Crippen molar-refractivity contribution >= 4 is 27.5 Å². The highest BCUT2D eigenvalue weighted by molar-refractivity contribution is 9.10. The van der Waals surface area contributed by atoms with Gasteiger partial charge in [0.1, 0.15) is 0 Å². The molecule has 1 aliphatic rings. The number of rotatable bonds is 2. The largest absolute Gasteiger partial charge is 0.310 e. The minimum absolute atomic E-state index is 0.164. The third-order valence-corrected chi connectivity index (χ3v) is 3.48. The lowest BCUT2D eigenvalue weighted by molar-refractivity contribution is 0.586. The van der Waals surface area contributed by atoms with Crippen molar-refractivity contribution in [2.45, 2.75) is 18.4 Å². The lowest BCUT2D eigenvalue weighted by Crippen LogP contribution is -2.24. The van der Waals surface area contributed by atoms with E-state index in [1.807, 2.05) is 19.2 Å². The van der Waals surface area contributed by atoms with Gasteiger partial charge in [0.2, 0.25) is 0 Å². The van der Waals surface area contributed by atoms with Crippen LogP contribution in [0.4, 0.5) is 0 Å². The molecular weight excluding hydrogens is 249 g/mol. The maximum absolute atomic E-state index is 6.16. The van der Waals surface area contributed by atoms with Gasteiger partial charge in [-0.2, -0.15) is 0 Å². The van der Waals surface area contributed by atoms with Crippen LogP contribution in [0.1, 0.15) is 18.4 Å². The van der Waals surface area contributed by atoms with Gasteiger partial charge in [-0.1, -0.05) is 33.6 Å². The summed E-state index contributed by atoms with van der Waals surface area (Å²) in [7, 11) is 1.99. The van der Waals surface area contributed by atoms with Crippen molar-refractivity contribution in [3.05, 3.63) is 33.3 Å². The second kappa shape index (κ2) is 3.26. The molecule has 1 fully saturated rings. The Morgan fingerprint density at radius 3 is 2.62 bits per heavy atom. The van der Waals surface area contributed by atoms with Gasteiger partial charge in [0.25, 0.3) is 0 Å². The quantitative estimate of drug-likeness (QED) is 0.860. The molecule has 3 heteroatoms. The van der Waals surface area contributed by atoms with Gasteiger partial charge in [-0.05, 0) is 37.6 Å². The van der Waals surface area contributed by atoms with Crippen LogP contribution in [0.5, 0.6) is 0 Å². The van der Waals surface area contributed by atoms with Gasteiger partial charge < -0.3 is 5.32 Å². The summed E-state index contributed by atoms with van der Waals surface area (Å²) < 4.78 is 1.04. The van der Waals surface area contributed by atoms with Crippen molar-refractivity contribution in [3.63, 3.8) is 0 Å². The molecule has 1 nitrogen and oxygen atoms in total. The third-order valence-electron chi connectivity index (χ3n) is 2.68. The predicted molar refractivity (Wildman–Crippen MR) is 59.1 cm³/mol. The molecule has 1 N–H and O–H groups in total. The van der Waals surface area contributed by atoms with Crippen LogP contribution in [0.2, 0.25) is 5.02 Å². The maximum atomic E-state index is 6.16. The second-order valence-electron chi connectivity index (χ2n) is 3.46. The predicted octanol–water partition coefficient (Wildman–Crippen LogP) is 3.31. The zero-order valence-corrected chi connectivity index (χ0v) is 9.74. The van der Waals surface area contributed by atoms with Crippen LogP contribution in [0, 0.1) is 0 Å². The Kier molecular flexibility index (Phi) is 2.39. The Bertz CT molecular complexity index is 334. The standard InChI is InChI=1S/C10H11BrClN/c1-13-10(4-5-10)8-3-2-7(11)6-9(8)12/h2-3,6,13H,4-5H2,1H3. The summed E-state index contributed by atoms with van der Waals surface area (Å²) in [5.74, 6) is 0. The Labute approximate surface area is 91.6 Å². The molecule has 0 saturated heterocycles. The highest BCUT2D eigenvalue weighted by Crippen LogP contribution is 2.47. The topological polar surface area (TPSA) is 12.0 Å². The SMILES string of the molecule is CNC1(c2ccc(Br)cc2Cl)CC1. The molecule has 0 bridgehead atoms. The Hall–Kier alpha value is -0.0500. The molecule has 0 amide bonds. The van der Waals surface area contributed by atoms with Crippen LogP contribution in [-0.2, 0) is 5.54 Å². The van der Waals surface area contributed by atoms with Gasteiger partial charge in [-0.3, -0.25) is 0 Å². The summed E-state index contributed by atoms with van der Waals surface area (Å²) in [5.41, 5.74) is 1.39. The van der Waals surface area contributed by atoms with Crippen LogP contribution in [0.25, 0.3) is 0 Å². The molecule has 2 rings (SSSR count). The minimum atomic E-state index is 0.164. The highest BCUT2D eigenvalue weighted by atomic mass is 79.9. The highest BCUT2D eigenvalue weighted by Gasteiger charge is 2.43. The number of hydrogen-bond acceptors (Lipinski definition) is 1. The summed E-state index contributed by atoms with van der Waals surface area (Å²) in [6, 6.07) is 6.09. The third kappa shape index (κ3) is 1.63. The van der Waals surface area contributed by atoms with Crippen LogP contribution in [0.15, 0.2) is 22.7 Å². The van der Waals surface area contributed by atoms with E-state index in [4.69, 9.17) is 11.6 Å². The monoisotopic (exact) mass is 259 g/mol. The molecule has 13 heavy (non-hydrogen) atoms. The van der Waals surface area contributed by atoms with Gasteiger partial charge in [0.05, 0.1) is 0 Å². The van der Waals surface area contributed by atoms with Gasteiger partial charge in [0, 0.05) is 15.0 Å². The van der Waals surface area contributed by atoms with Crippen LogP contribution >= 0.6 is 27.5 Å². The van der Waals surface area contributed by atoms with Crippen LogP contribution < -0.4 is 5.32 Å². The van der Waals surface area contributed by atoms with Gasteiger partial charge in [0.15, 0.2) is 0 Å². The van der Waals surface area contributed by atoms with E-state index in [1.165, 1.54) is 18.4 Å². The molecule has 1 aromatic rings. The fourth-order valence-electron chi connectivity index (χ4n) is 1.66. The van der Waals surface area contributed by atoms with E-state index in [9.17, 15) is 0 Å². The van der Waals surface area contributed by atoms with Gasteiger partial charge >= 0.3 is 0 Å². The molecular formula is C10H11BrClN. The molecule has 0 spiro atoms. The van der Waals surface area contributed by atoms with E-state index < -0.39 is 0 Å².